The second kappa shape index (κ2) is 12.4. The van der Waals surface area contributed by atoms with Crippen LogP contribution in [0, 0.1) is 0 Å². The molecule has 0 unspecified atom stereocenters. The van der Waals surface area contributed by atoms with E-state index >= 15 is 0 Å². The molecule has 0 aliphatic carbocycles. The topological polar surface area (TPSA) is 29.3 Å². The molecule has 0 aliphatic rings. The van der Waals surface area contributed by atoms with Crippen molar-refractivity contribution in [3.63, 3.8) is 0 Å². The third kappa shape index (κ3) is 5.19. The van der Waals surface area contributed by atoms with Crippen LogP contribution in [0.1, 0.15) is 0 Å². The molecule has 3 heteroatoms. The molecule has 244 valence electrons. The number of nitrogens with zero attached hydrogens (tertiary/aromatic N) is 2. The van der Waals surface area contributed by atoms with Gasteiger partial charge in [0.1, 0.15) is 11.2 Å². The van der Waals surface area contributed by atoms with Crippen LogP contribution in [0.15, 0.2) is 199 Å². The van der Waals surface area contributed by atoms with Crippen LogP contribution in [0.3, 0.4) is 0 Å². The largest absolute Gasteiger partial charge is 0.456 e. The van der Waals surface area contributed by atoms with Crippen molar-refractivity contribution >= 4 is 60.5 Å². The lowest BCUT2D eigenvalue weighted by atomic mass is 9.90. The van der Waals surface area contributed by atoms with Gasteiger partial charge >= 0.3 is 0 Å². The number of hydrogen-bond acceptors (Lipinski definition) is 3. The number of anilines is 3. The lowest BCUT2D eigenvalue weighted by Gasteiger charge is -2.27. The fourth-order valence-electron chi connectivity index (χ4n) is 7.59. The molecule has 0 fully saturated rings. The monoisotopic (exact) mass is 664 g/mol. The summed E-state index contributed by atoms with van der Waals surface area (Å²) in [5, 5.41) is 6.82. The molecule has 2 heterocycles. The van der Waals surface area contributed by atoms with Crippen LogP contribution in [0.4, 0.5) is 17.1 Å². The third-order valence-electron chi connectivity index (χ3n) is 10.1. The van der Waals surface area contributed by atoms with Crippen molar-refractivity contribution in [1.29, 1.82) is 0 Å². The molecule has 10 rings (SSSR count). The van der Waals surface area contributed by atoms with Crippen LogP contribution in [-0.2, 0) is 0 Å². The molecular weight excluding hydrogens is 633 g/mol. The Morgan fingerprint density at radius 2 is 1.04 bits per heavy atom. The summed E-state index contributed by atoms with van der Waals surface area (Å²) in [6, 6.07) is 65.1. The fourth-order valence-corrected chi connectivity index (χ4v) is 7.59. The maximum atomic E-state index is 6.41. The summed E-state index contributed by atoms with van der Waals surface area (Å²) in [4.78, 5) is 6.69. The van der Waals surface area contributed by atoms with E-state index in [4.69, 9.17) is 4.42 Å². The highest BCUT2D eigenvalue weighted by Gasteiger charge is 2.19. The van der Waals surface area contributed by atoms with Crippen LogP contribution in [0.25, 0.3) is 76.9 Å². The Morgan fingerprint density at radius 1 is 0.365 bits per heavy atom. The summed E-state index contributed by atoms with van der Waals surface area (Å²) in [7, 11) is 0. The highest BCUT2D eigenvalue weighted by atomic mass is 16.3. The summed E-state index contributed by atoms with van der Waals surface area (Å²) >= 11 is 0. The number of pyridine rings is 1. The highest BCUT2D eigenvalue weighted by Crippen LogP contribution is 2.44. The molecular formula is C49H32N2O. The summed E-state index contributed by atoms with van der Waals surface area (Å²) in [6.07, 6.45) is 3.73. The zero-order valence-corrected chi connectivity index (χ0v) is 28.3. The van der Waals surface area contributed by atoms with Gasteiger partial charge < -0.3 is 9.32 Å². The van der Waals surface area contributed by atoms with Crippen molar-refractivity contribution in [2.24, 2.45) is 0 Å². The van der Waals surface area contributed by atoms with E-state index in [1.54, 1.807) is 0 Å². The number of aromatic nitrogens is 1. The summed E-state index contributed by atoms with van der Waals surface area (Å²) in [6.45, 7) is 0. The first kappa shape index (κ1) is 29.9. The van der Waals surface area contributed by atoms with Gasteiger partial charge in [-0.25, -0.2) is 0 Å². The second-order valence-corrected chi connectivity index (χ2v) is 13.2. The second-order valence-electron chi connectivity index (χ2n) is 13.2. The van der Waals surface area contributed by atoms with Gasteiger partial charge in [-0.1, -0.05) is 121 Å². The molecule has 0 atom stereocenters. The van der Waals surface area contributed by atoms with Crippen molar-refractivity contribution in [2.75, 3.05) is 4.90 Å². The van der Waals surface area contributed by atoms with E-state index in [-0.39, 0.29) is 0 Å². The Bertz CT molecular complexity index is 2890. The first-order chi connectivity index (χ1) is 25.8. The molecule has 8 aromatic carbocycles. The lowest BCUT2D eigenvalue weighted by molar-refractivity contribution is 0.669. The molecule has 0 amide bonds. The Labute approximate surface area is 301 Å². The van der Waals surface area contributed by atoms with Crippen LogP contribution >= 0.6 is 0 Å². The predicted molar refractivity (Wildman–Crippen MR) is 218 cm³/mol. The van der Waals surface area contributed by atoms with Crippen molar-refractivity contribution < 1.29 is 4.42 Å². The van der Waals surface area contributed by atoms with Crippen molar-refractivity contribution in [2.45, 2.75) is 0 Å². The Hall–Kier alpha value is -6.97. The molecule has 0 bridgehead atoms. The summed E-state index contributed by atoms with van der Waals surface area (Å²) in [5.74, 6) is 0. The van der Waals surface area contributed by atoms with Gasteiger partial charge in [-0.3, -0.25) is 4.98 Å². The molecule has 0 aliphatic heterocycles. The van der Waals surface area contributed by atoms with E-state index < -0.39 is 0 Å². The van der Waals surface area contributed by atoms with Crippen molar-refractivity contribution in [3.05, 3.63) is 194 Å². The smallest absolute Gasteiger partial charge is 0.136 e. The van der Waals surface area contributed by atoms with E-state index in [1.165, 1.54) is 44.2 Å². The Morgan fingerprint density at radius 3 is 1.88 bits per heavy atom. The number of benzene rings is 8. The summed E-state index contributed by atoms with van der Waals surface area (Å²) in [5.41, 5.74) is 12.0. The number of hydrogen-bond donors (Lipinski definition) is 0. The van der Waals surface area contributed by atoms with E-state index in [9.17, 15) is 0 Å². The molecule has 0 radical (unpaired) electrons. The minimum Gasteiger partial charge on any atom is -0.456 e. The predicted octanol–water partition coefficient (Wildman–Crippen LogP) is 13.8. The number of fused-ring (bicyclic) bond motifs is 5. The summed E-state index contributed by atoms with van der Waals surface area (Å²) < 4.78 is 6.41. The van der Waals surface area contributed by atoms with Gasteiger partial charge in [-0.2, -0.15) is 0 Å². The zero-order valence-electron chi connectivity index (χ0n) is 28.3. The minimum absolute atomic E-state index is 0.858. The molecule has 3 nitrogen and oxygen atoms in total. The molecule has 2 aromatic heterocycles. The fraction of sp³-hybridized carbons (Fsp3) is 0. The van der Waals surface area contributed by atoms with Crippen molar-refractivity contribution in [3.8, 4) is 33.4 Å². The van der Waals surface area contributed by atoms with Crippen LogP contribution in [0.5, 0.6) is 0 Å². The molecule has 0 saturated carbocycles. The SMILES string of the molecule is c1ccc(-c2ccc(N(c3ccc(-c4ccccc4)c(-c4cccc5ccccc45)c3)c3ccc4oc5cc6cnccc6cc5c4c3)cc2)cc1. The maximum Gasteiger partial charge on any atom is 0.136 e. The number of rotatable bonds is 6. The third-order valence-corrected chi connectivity index (χ3v) is 10.1. The van der Waals surface area contributed by atoms with Gasteiger partial charge in [0.15, 0.2) is 0 Å². The zero-order chi connectivity index (χ0) is 34.4. The van der Waals surface area contributed by atoms with Gasteiger partial charge in [0.25, 0.3) is 0 Å². The normalized spacial score (nSPS) is 11.5. The van der Waals surface area contributed by atoms with E-state index in [0.29, 0.717) is 0 Å². The van der Waals surface area contributed by atoms with E-state index in [0.717, 1.165) is 49.8 Å². The van der Waals surface area contributed by atoms with Crippen LogP contribution in [0.2, 0.25) is 0 Å². The Balaban J connectivity index is 1.20. The molecule has 0 spiro atoms. The average Bonchev–Trinajstić information content (AvgIpc) is 3.57. The molecule has 10 aromatic rings. The van der Waals surface area contributed by atoms with Crippen LogP contribution in [-0.4, -0.2) is 4.98 Å². The lowest BCUT2D eigenvalue weighted by Crippen LogP contribution is -2.10. The molecule has 0 N–H and O–H groups in total. The average molecular weight is 665 g/mol. The van der Waals surface area contributed by atoms with Gasteiger partial charge in [0.2, 0.25) is 0 Å². The van der Waals surface area contributed by atoms with E-state index in [1.807, 2.05) is 12.4 Å². The standard InChI is InChI=1S/C49H32N2O/c1-3-10-33(11-4-1)34-18-20-39(21-19-34)51(41-23-25-48-47(31-41)46-28-37-26-27-50-32-38(37)29-49(46)52-48)40-22-24-43(35-12-5-2-6-13-35)45(30-40)44-17-9-15-36-14-7-8-16-42(36)44/h1-32H. The minimum atomic E-state index is 0.858. The van der Waals surface area contributed by atoms with Crippen LogP contribution < -0.4 is 4.90 Å². The first-order valence-electron chi connectivity index (χ1n) is 17.6. The molecule has 0 saturated heterocycles. The highest BCUT2D eigenvalue weighted by molar-refractivity contribution is 6.11. The maximum absolute atomic E-state index is 6.41. The van der Waals surface area contributed by atoms with Gasteiger partial charge in [0.05, 0.1) is 0 Å². The van der Waals surface area contributed by atoms with E-state index in [2.05, 4.69) is 192 Å². The van der Waals surface area contributed by atoms with Gasteiger partial charge in [-0.05, 0) is 110 Å². The number of furan rings is 1. The molecule has 52 heavy (non-hydrogen) atoms. The Kier molecular flexibility index (Phi) is 7.14. The first-order valence-corrected chi connectivity index (χ1v) is 17.6. The van der Waals surface area contributed by atoms with Gasteiger partial charge in [-0.15, -0.1) is 0 Å². The quantitative estimate of drug-likeness (QED) is 0.177. The van der Waals surface area contributed by atoms with Gasteiger partial charge in [0, 0.05) is 45.6 Å². The van der Waals surface area contributed by atoms with Crippen molar-refractivity contribution in [1.82, 2.24) is 4.98 Å².